The van der Waals surface area contributed by atoms with Crippen molar-refractivity contribution in [2.75, 3.05) is 13.1 Å². The fourth-order valence-electron chi connectivity index (χ4n) is 3.05. The summed E-state index contributed by atoms with van der Waals surface area (Å²) < 4.78 is 6.73. The van der Waals surface area contributed by atoms with Gasteiger partial charge in [-0.05, 0) is 18.3 Å². The van der Waals surface area contributed by atoms with E-state index in [0.29, 0.717) is 18.1 Å². The summed E-state index contributed by atoms with van der Waals surface area (Å²) in [6.07, 6.45) is 6.79. The SMILES string of the molecule is CCC[CH2][Al]([CH2]CCC)[O]C(CC)N(CC(C)C)CC(C)C. The summed E-state index contributed by atoms with van der Waals surface area (Å²) in [5.41, 5.74) is 0. The minimum absolute atomic E-state index is 0.357. The average Bonchev–Trinajstić information content (AvgIpc) is 2.45. The monoisotopic (exact) mass is 327 g/mol. The van der Waals surface area contributed by atoms with Crippen LogP contribution in [0.3, 0.4) is 0 Å². The molecule has 2 nitrogen and oxygen atoms in total. The highest BCUT2D eigenvalue weighted by Gasteiger charge is 2.26. The van der Waals surface area contributed by atoms with E-state index in [9.17, 15) is 0 Å². The van der Waals surface area contributed by atoms with Crippen LogP contribution in [0, 0.1) is 11.8 Å². The van der Waals surface area contributed by atoms with E-state index in [1.807, 2.05) is 0 Å². The highest BCUT2D eigenvalue weighted by molar-refractivity contribution is 6.51. The van der Waals surface area contributed by atoms with E-state index in [4.69, 9.17) is 3.79 Å². The number of hydrogen-bond acceptors (Lipinski definition) is 2. The van der Waals surface area contributed by atoms with E-state index < -0.39 is 14.5 Å². The minimum atomic E-state index is -1.03. The van der Waals surface area contributed by atoms with Gasteiger partial charge in [-0.3, -0.25) is 4.90 Å². The summed E-state index contributed by atoms with van der Waals surface area (Å²) >= 11 is -1.03. The third-order valence-electron chi connectivity index (χ3n) is 4.06. The van der Waals surface area contributed by atoms with Gasteiger partial charge in [0.15, 0.2) is 0 Å². The molecule has 0 fully saturated rings. The Morgan fingerprint density at radius 1 is 0.818 bits per heavy atom. The first kappa shape index (κ1) is 22.5. The van der Waals surface area contributed by atoms with Gasteiger partial charge in [-0.15, -0.1) is 0 Å². The summed E-state index contributed by atoms with van der Waals surface area (Å²) in [6.45, 7) is 18.5. The average molecular weight is 328 g/mol. The third kappa shape index (κ3) is 11.1. The molecule has 3 heteroatoms. The van der Waals surface area contributed by atoms with Gasteiger partial charge in [0.2, 0.25) is 0 Å². The molecule has 0 aliphatic rings. The van der Waals surface area contributed by atoms with Crippen LogP contribution < -0.4 is 0 Å². The molecule has 0 aliphatic carbocycles. The summed E-state index contributed by atoms with van der Waals surface area (Å²) in [6, 6.07) is 0. The summed E-state index contributed by atoms with van der Waals surface area (Å²) in [7, 11) is 0. The van der Waals surface area contributed by atoms with Crippen LogP contribution in [0.5, 0.6) is 0 Å². The fraction of sp³-hybridized carbons (Fsp3) is 1.00. The van der Waals surface area contributed by atoms with Crippen LogP contribution in [0.25, 0.3) is 0 Å². The molecule has 0 aromatic heterocycles. The van der Waals surface area contributed by atoms with Crippen LogP contribution in [0.1, 0.15) is 80.6 Å². The quantitative estimate of drug-likeness (QED) is 0.289. The molecule has 0 aliphatic heterocycles. The van der Waals surface area contributed by atoms with Gasteiger partial charge < -0.3 is 3.79 Å². The molecule has 0 N–H and O–H groups in total. The van der Waals surface area contributed by atoms with Crippen molar-refractivity contribution in [1.82, 2.24) is 4.90 Å². The van der Waals surface area contributed by atoms with Gasteiger partial charge in [0, 0.05) is 13.1 Å². The predicted octanol–water partition coefficient (Wildman–Crippen LogP) is 5.94. The third-order valence-corrected chi connectivity index (χ3v) is 6.87. The van der Waals surface area contributed by atoms with Crippen molar-refractivity contribution < 1.29 is 3.79 Å². The largest absolute Gasteiger partial charge is 0.487 e. The maximum atomic E-state index is 6.73. The fourth-order valence-corrected chi connectivity index (χ4v) is 6.15. The van der Waals surface area contributed by atoms with Crippen molar-refractivity contribution in [2.45, 2.75) is 97.4 Å². The molecule has 0 bridgehead atoms. The van der Waals surface area contributed by atoms with E-state index in [1.54, 1.807) is 0 Å². The smallest absolute Gasteiger partial charge is 0.461 e. The van der Waals surface area contributed by atoms with Gasteiger partial charge in [0.1, 0.15) is 0 Å². The molecule has 0 radical (unpaired) electrons. The molecular weight excluding hydrogens is 285 g/mol. The van der Waals surface area contributed by atoms with Gasteiger partial charge in [-0.1, -0.05) is 84.7 Å². The van der Waals surface area contributed by atoms with E-state index >= 15 is 0 Å². The highest BCUT2D eigenvalue weighted by Crippen LogP contribution is 2.18. The summed E-state index contributed by atoms with van der Waals surface area (Å²) in [5, 5.41) is 2.73. The lowest BCUT2D eigenvalue weighted by atomic mass is 10.1. The Labute approximate surface area is 145 Å². The van der Waals surface area contributed by atoms with Crippen LogP contribution in [0.15, 0.2) is 0 Å². The van der Waals surface area contributed by atoms with Crippen LogP contribution >= 0.6 is 0 Å². The number of unbranched alkanes of at least 4 members (excludes halogenated alkanes) is 2. The molecule has 0 saturated carbocycles. The molecular formula is C19H42AlNO. The number of hydrogen-bond donors (Lipinski definition) is 0. The van der Waals surface area contributed by atoms with Gasteiger partial charge in [0.05, 0.1) is 6.23 Å². The van der Waals surface area contributed by atoms with Gasteiger partial charge in [0.25, 0.3) is 0 Å². The Bertz CT molecular complexity index is 228. The van der Waals surface area contributed by atoms with Crippen molar-refractivity contribution in [1.29, 1.82) is 0 Å². The standard InChI is InChI=1S/C11H24NO.2C4H9.Al/c1-6-11(13)12(7-9(2)3)8-10(4)5;2*1-3-4-2;/h9-11H,6-8H2,1-5H3;2*1,3-4H2,2H3;/q-1;;;+1. The maximum absolute atomic E-state index is 6.73. The van der Waals surface area contributed by atoms with Gasteiger partial charge in [-0.2, -0.15) is 0 Å². The van der Waals surface area contributed by atoms with Crippen LogP contribution in [-0.2, 0) is 3.79 Å². The van der Waals surface area contributed by atoms with Crippen molar-refractivity contribution in [3.05, 3.63) is 0 Å². The maximum Gasteiger partial charge on any atom is 0.461 e. The molecule has 0 heterocycles. The Kier molecular flexibility index (Phi) is 14.1. The highest BCUT2D eigenvalue weighted by atomic mass is 27.2. The first-order chi connectivity index (χ1) is 10.4. The van der Waals surface area contributed by atoms with Crippen LogP contribution in [0.4, 0.5) is 0 Å². The Hall–Kier alpha value is 0.452. The molecule has 1 unspecified atom stereocenters. The normalized spacial score (nSPS) is 13.4. The van der Waals surface area contributed by atoms with E-state index in [0.717, 1.165) is 6.42 Å². The lowest BCUT2D eigenvalue weighted by Gasteiger charge is -2.36. The second kappa shape index (κ2) is 13.9. The van der Waals surface area contributed by atoms with Crippen molar-refractivity contribution in [3.63, 3.8) is 0 Å². The number of rotatable bonds is 14. The van der Waals surface area contributed by atoms with Gasteiger partial charge in [-0.25, -0.2) is 0 Å². The van der Waals surface area contributed by atoms with Crippen molar-refractivity contribution in [2.24, 2.45) is 11.8 Å². The van der Waals surface area contributed by atoms with E-state index in [-0.39, 0.29) is 0 Å². The van der Waals surface area contributed by atoms with Gasteiger partial charge >= 0.3 is 14.5 Å². The Morgan fingerprint density at radius 3 is 1.59 bits per heavy atom. The second-order valence-corrected chi connectivity index (χ2v) is 10.3. The Morgan fingerprint density at radius 2 is 1.27 bits per heavy atom. The first-order valence-corrected chi connectivity index (χ1v) is 11.9. The molecule has 132 valence electrons. The molecule has 0 rings (SSSR count). The van der Waals surface area contributed by atoms with Crippen LogP contribution in [0.2, 0.25) is 10.6 Å². The van der Waals surface area contributed by atoms with E-state index in [2.05, 4.69) is 53.4 Å². The molecule has 0 aromatic carbocycles. The lowest BCUT2D eigenvalue weighted by Crippen LogP contribution is -2.44. The number of nitrogens with zero attached hydrogens (tertiary/aromatic N) is 1. The zero-order valence-electron chi connectivity index (χ0n) is 16.5. The predicted molar refractivity (Wildman–Crippen MR) is 102 cm³/mol. The molecule has 0 spiro atoms. The summed E-state index contributed by atoms with van der Waals surface area (Å²) in [5.74, 6) is 1.42. The zero-order chi connectivity index (χ0) is 17.0. The topological polar surface area (TPSA) is 12.5 Å². The van der Waals surface area contributed by atoms with Crippen molar-refractivity contribution in [3.8, 4) is 0 Å². The lowest BCUT2D eigenvalue weighted by molar-refractivity contribution is 0.00373. The molecule has 1 atom stereocenters. The molecule has 0 amide bonds. The molecule has 0 saturated heterocycles. The van der Waals surface area contributed by atoms with Crippen LogP contribution in [-0.4, -0.2) is 38.7 Å². The molecule has 0 aromatic rings. The first-order valence-electron chi connectivity index (χ1n) is 9.83. The van der Waals surface area contributed by atoms with Crippen molar-refractivity contribution >= 4 is 14.5 Å². The summed E-state index contributed by atoms with van der Waals surface area (Å²) in [4.78, 5) is 2.62. The zero-order valence-corrected chi connectivity index (χ0v) is 17.7. The second-order valence-electron chi connectivity index (χ2n) is 7.65. The van der Waals surface area contributed by atoms with E-state index in [1.165, 1.54) is 49.3 Å². The minimum Gasteiger partial charge on any atom is -0.487 e. The molecule has 22 heavy (non-hydrogen) atoms. The Balaban J connectivity index is 4.72.